The van der Waals surface area contributed by atoms with Crippen LogP contribution in [0.4, 0.5) is 4.39 Å². The zero-order valence-electron chi connectivity index (χ0n) is 11.2. The number of aliphatic carboxylic acids is 1. The number of rotatable bonds is 3. The smallest absolute Gasteiger partial charge is 0.314 e. The van der Waals surface area contributed by atoms with Crippen LogP contribution < -0.4 is 0 Å². The van der Waals surface area contributed by atoms with Crippen LogP contribution in [-0.2, 0) is 15.9 Å². The molecule has 2 rings (SSSR count). The minimum atomic E-state index is -1.48. The van der Waals surface area contributed by atoms with Gasteiger partial charge in [0, 0.05) is 5.02 Å². The molecule has 2 nitrogen and oxygen atoms in total. The molecule has 0 atom stereocenters. The average Bonchev–Trinajstić information content (AvgIpc) is 2.77. The van der Waals surface area contributed by atoms with Crippen LogP contribution in [0.2, 0.25) is 5.02 Å². The molecular weight excluding hydrogens is 267 g/mol. The molecule has 1 aromatic carbocycles. The van der Waals surface area contributed by atoms with Gasteiger partial charge in [0.2, 0.25) is 0 Å². The van der Waals surface area contributed by atoms with Crippen molar-refractivity contribution in [2.75, 3.05) is 0 Å². The maximum absolute atomic E-state index is 13.9. The van der Waals surface area contributed by atoms with Crippen molar-refractivity contribution in [3.63, 3.8) is 0 Å². The summed E-state index contributed by atoms with van der Waals surface area (Å²) in [5, 5.41) is 9.89. The summed E-state index contributed by atoms with van der Waals surface area (Å²) in [6.07, 6.45) is 2.97. The zero-order valence-corrected chi connectivity index (χ0v) is 11.9. The van der Waals surface area contributed by atoms with Crippen molar-refractivity contribution in [2.24, 2.45) is 0 Å². The first-order chi connectivity index (χ1) is 8.77. The molecule has 1 aliphatic carbocycles. The van der Waals surface area contributed by atoms with Gasteiger partial charge in [0.25, 0.3) is 0 Å². The summed E-state index contributed by atoms with van der Waals surface area (Å²) < 4.78 is 13.9. The average molecular weight is 285 g/mol. The van der Waals surface area contributed by atoms with Crippen LogP contribution in [0.3, 0.4) is 0 Å². The van der Waals surface area contributed by atoms with E-state index in [9.17, 15) is 14.3 Å². The Bertz CT molecular complexity index is 499. The second-order valence-corrected chi connectivity index (χ2v) is 6.17. The summed E-state index contributed by atoms with van der Waals surface area (Å²) >= 11 is 6.22. The molecule has 0 spiro atoms. The van der Waals surface area contributed by atoms with Gasteiger partial charge in [-0.1, -0.05) is 36.6 Å². The molecule has 1 aliphatic rings. The standard InChI is InChI=1S/C15H18ClFO2/c1-14(2,17)10-5-6-11(12(16)9-10)15(13(18)19)7-3-4-8-15/h5-6,9H,3-4,7-8H2,1-2H3,(H,18,19). The van der Waals surface area contributed by atoms with E-state index >= 15 is 0 Å². The van der Waals surface area contributed by atoms with Crippen LogP contribution in [0.1, 0.15) is 50.7 Å². The number of benzene rings is 1. The summed E-state index contributed by atoms with van der Waals surface area (Å²) in [6.45, 7) is 2.92. The van der Waals surface area contributed by atoms with Gasteiger partial charge in [-0.05, 0) is 43.9 Å². The van der Waals surface area contributed by atoms with E-state index in [1.54, 1.807) is 18.2 Å². The van der Waals surface area contributed by atoms with Crippen molar-refractivity contribution in [2.45, 2.75) is 50.6 Å². The van der Waals surface area contributed by atoms with E-state index in [1.807, 2.05) is 0 Å². The largest absolute Gasteiger partial charge is 0.481 e. The van der Waals surface area contributed by atoms with Gasteiger partial charge in [-0.2, -0.15) is 0 Å². The first-order valence-electron chi connectivity index (χ1n) is 6.50. The number of halogens is 2. The molecule has 19 heavy (non-hydrogen) atoms. The Balaban J connectivity index is 2.49. The molecule has 104 valence electrons. The van der Waals surface area contributed by atoms with Crippen molar-refractivity contribution >= 4 is 17.6 Å². The highest BCUT2D eigenvalue weighted by atomic mass is 35.5. The topological polar surface area (TPSA) is 37.3 Å². The lowest BCUT2D eigenvalue weighted by molar-refractivity contribution is -0.143. The fourth-order valence-corrected chi connectivity index (χ4v) is 3.21. The Hall–Kier alpha value is -1.09. The normalized spacial score (nSPS) is 18.5. The van der Waals surface area contributed by atoms with E-state index in [0.717, 1.165) is 12.8 Å². The first kappa shape index (κ1) is 14.3. The van der Waals surface area contributed by atoms with E-state index in [-0.39, 0.29) is 0 Å². The number of carbonyl (C=O) groups is 1. The van der Waals surface area contributed by atoms with E-state index in [4.69, 9.17) is 11.6 Å². The number of carboxylic acid groups (broad SMARTS) is 1. The maximum atomic E-state index is 13.9. The van der Waals surface area contributed by atoms with Gasteiger partial charge in [0.1, 0.15) is 5.67 Å². The molecule has 1 saturated carbocycles. The third-order valence-corrected chi connectivity index (χ3v) is 4.35. The van der Waals surface area contributed by atoms with Gasteiger partial charge in [-0.15, -0.1) is 0 Å². The lowest BCUT2D eigenvalue weighted by atomic mass is 9.78. The lowest BCUT2D eigenvalue weighted by Gasteiger charge is -2.26. The molecular formula is C15H18ClFO2. The fraction of sp³-hybridized carbons (Fsp3) is 0.533. The maximum Gasteiger partial charge on any atom is 0.314 e. The number of carboxylic acids is 1. The zero-order chi connectivity index (χ0) is 14.3. The molecule has 0 heterocycles. The number of hydrogen-bond donors (Lipinski definition) is 1. The highest BCUT2D eigenvalue weighted by Gasteiger charge is 2.44. The van der Waals surface area contributed by atoms with Gasteiger partial charge in [0.05, 0.1) is 5.41 Å². The molecule has 0 radical (unpaired) electrons. The molecule has 1 N–H and O–H groups in total. The predicted octanol–water partition coefficient (Wildman–Crippen LogP) is 4.44. The van der Waals surface area contributed by atoms with E-state index in [1.165, 1.54) is 13.8 Å². The third kappa shape index (κ3) is 2.48. The van der Waals surface area contributed by atoms with E-state index in [0.29, 0.717) is 29.0 Å². The highest BCUT2D eigenvalue weighted by molar-refractivity contribution is 6.31. The van der Waals surface area contributed by atoms with Crippen molar-refractivity contribution < 1.29 is 14.3 Å². The van der Waals surface area contributed by atoms with Crippen molar-refractivity contribution in [1.29, 1.82) is 0 Å². The predicted molar refractivity (Wildman–Crippen MR) is 73.4 cm³/mol. The van der Waals surface area contributed by atoms with Crippen molar-refractivity contribution in [3.05, 3.63) is 34.3 Å². The highest BCUT2D eigenvalue weighted by Crippen LogP contribution is 2.45. The first-order valence-corrected chi connectivity index (χ1v) is 6.88. The molecule has 1 fully saturated rings. The Labute approximate surface area is 117 Å². The van der Waals surface area contributed by atoms with Gasteiger partial charge in [-0.25, -0.2) is 4.39 Å². The van der Waals surface area contributed by atoms with Crippen LogP contribution in [0.5, 0.6) is 0 Å². The molecule has 0 unspecified atom stereocenters. The summed E-state index contributed by atoms with van der Waals surface area (Å²) in [7, 11) is 0. The summed E-state index contributed by atoms with van der Waals surface area (Å²) in [5.74, 6) is -0.834. The number of hydrogen-bond acceptors (Lipinski definition) is 1. The molecule has 0 aliphatic heterocycles. The van der Waals surface area contributed by atoms with Crippen LogP contribution in [0, 0.1) is 0 Å². The van der Waals surface area contributed by atoms with Gasteiger partial charge in [0.15, 0.2) is 0 Å². The van der Waals surface area contributed by atoms with Crippen LogP contribution in [-0.4, -0.2) is 11.1 Å². The number of alkyl halides is 1. The summed E-state index contributed by atoms with van der Waals surface area (Å²) in [5.41, 5.74) is -1.28. The molecule has 1 aromatic rings. The van der Waals surface area contributed by atoms with Crippen LogP contribution in [0.25, 0.3) is 0 Å². The Kier molecular flexibility index (Phi) is 3.61. The second kappa shape index (κ2) is 4.78. The van der Waals surface area contributed by atoms with E-state index < -0.39 is 17.1 Å². The monoisotopic (exact) mass is 284 g/mol. The van der Waals surface area contributed by atoms with Gasteiger partial charge in [-0.3, -0.25) is 4.79 Å². The molecule has 0 saturated heterocycles. The summed E-state index contributed by atoms with van der Waals surface area (Å²) in [4.78, 5) is 11.6. The van der Waals surface area contributed by atoms with Crippen LogP contribution >= 0.6 is 11.6 Å². The lowest BCUT2D eigenvalue weighted by Crippen LogP contribution is -2.33. The third-order valence-electron chi connectivity index (χ3n) is 4.04. The van der Waals surface area contributed by atoms with Crippen LogP contribution in [0.15, 0.2) is 18.2 Å². The fourth-order valence-electron chi connectivity index (χ4n) is 2.85. The Morgan fingerprint density at radius 1 is 1.37 bits per heavy atom. The Morgan fingerprint density at radius 2 is 1.95 bits per heavy atom. The molecule has 0 bridgehead atoms. The molecule has 4 heteroatoms. The minimum absolute atomic E-state index is 0.354. The Morgan fingerprint density at radius 3 is 2.37 bits per heavy atom. The second-order valence-electron chi connectivity index (χ2n) is 5.76. The van der Waals surface area contributed by atoms with Crippen molar-refractivity contribution in [3.8, 4) is 0 Å². The molecule has 0 aromatic heterocycles. The SMILES string of the molecule is CC(C)(F)c1ccc(C2(C(=O)O)CCCC2)c(Cl)c1. The quantitative estimate of drug-likeness (QED) is 0.891. The van der Waals surface area contributed by atoms with Gasteiger partial charge >= 0.3 is 5.97 Å². The summed E-state index contributed by atoms with van der Waals surface area (Å²) in [6, 6.07) is 4.88. The van der Waals surface area contributed by atoms with Crippen molar-refractivity contribution in [1.82, 2.24) is 0 Å². The van der Waals surface area contributed by atoms with E-state index in [2.05, 4.69) is 0 Å². The molecule has 0 amide bonds. The minimum Gasteiger partial charge on any atom is -0.481 e. The van der Waals surface area contributed by atoms with Gasteiger partial charge < -0.3 is 5.11 Å².